The molecule has 2 atom stereocenters. The predicted octanol–water partition coefficient (Wildman–Crippen LogP) is 3.68. The van der Waals surface area contributed by atoms with Crippen LogP contribution in [0.3, 0.4) is 0 Å². The third-order valence-electron chi connectivity index (χ3n) is 4.09. The van der Waals surface area contributed by atoms with E-state index in [-0.39, 0.29) is 28.9 Å². The number of carbonyl (C=O) groups is 2. The van der Waals surface area contributed by atoms with Gasteiger partial charge in [0.2, 0.25) is 5.91 Å². The fourth-order valence-electron chi connectivity index (χ4n) is 2.57. The second kappa shape index (κ2) is 13.2. The number of esters is 1. The van der Waals surface area contributed by atoms with E-state index in [0.717, 1.165) is 12.8 Å². The lowest BCUT2D eigenvalue weighted by molar-refractivity contribution is -0.143. The largest absolute Gasteiger partial charge is 0.465 e. The van der Waals surface area contributed by atoms with Crippen LogP contribution in [0.1, 0.15) is 71.1 Å². The topological polar surface area (TPSA) is 55.4 Å². The number of amides is 1. The van der Waals surface area contributed by atoms with E-state index in [1.165, 1.54) is 63.1 Å². The lowest BCUT2D eigenvalue weighted by Gasteiger charge is -2.04. The van der Waals surface area contributed by atoms with E-state index in [1.807, 2.05) is 0 Å². The molecule has 24 heavy (non-hydrogen) atoms. The average molecular weight is 354 g/mol. The number of unbranched alkanes of at least 4 members (excludes halogenated alkanes) is 9. The summed E-state index contributed by atoms with van der Waals surface area (Å²) in [5, 5.41) is 1.92. The molecular weight excluding hydrogens is 322 g/mol. The molecule has 0 unspecified atom stereocenters. The number of thioether (sulfide) groups is 1. The maximum atomic E-state index is 11.8. The molecule has 5 heteroatoms. The summed E-state index contributed by atoms with van der Waals surface area (Å²) in [6.07, 6.45) is 17.6. The van der Waals surface area contributed by atoms with Gasteiger partial charge < -0.3 is 10.1 Å². The van der Waals surface area contributed by atoms with Gasteiger partial charge in [-0.2, -0.15) is 0 Å². The van der Waals surface area contributed by atoms with Gasteiger partial charge in [-0.05, 0) is 6.42 Å². The molecule has 0 aromatic rings. The summed E-state index contributed by atoms with van der Waals surface area (Å²) >= 11 is 1.33. The number of ether oxygens (including phenoxy) is 1. The average Bonchev–Trinajstić information content (AvgIpc) is 3.38. The molecular formula is C19H31NO3S. The Morgan fingerprint density at radius 3 is 2.17 bits per heavy atom. The molecule has 1 heterocycles. The zero-order chi connectivity index (χ0) is 17.6. The summed E-state index contributed by atoms with van der Waals surface area (Å²) in [7, 11) is 0. The molecule has 1 saturated heterocycles. The van der Waals surface area contributed by atoms with Crippen LogP contribution in [-0.4, -0.2) is 35.5 Å². The molecule has 0 spiro atoms. The van der Waals surface area contributed by atoms with Crippen LogP contribution in [0.2, 0.25) is 0 Å². The van der Waals surface area contributed by atoms with Gasteiger partial charge in [0.05, 0.1) is 13.2 Å². The van der Waals surface area contributed by atoms with E-state index in [0.29, 0.717) is 6.61 Å². The van der Waals surface area contributed by atoms with E-state index in [4.69, 9.17) is 11.2 Å². The molecule has 0 aromatic heterocycles. The van der Waals surface area contributed by atoms with Crippen molar-refractivity contribution >= 4 is 23.6 Å². The molecule has 1 N–H and O–H groups in total. The lowest BCUT2D eigenvalue weighted by Crippen LogP contribution is -2.30. The van der Waals surface area contributed by atoms with Gasteiger partial charge in [-0.15, -0.1) is 18.2 Å². The Morgan fingerprint density at radius 2 is 1.58 bits per heavy atom. The Bertz CT molecular complexity index is 419. The van der Waals surface area contributed by atoms with Crippen LogP contribution >= 0.6 is 11.8 Å². The van der Waals surface area contributed by atoms with Crippen LogP contribution in [0, 0.1) is 12.3 Å². The second-order valence-electron chi connectivity index (χ2n) is 6.25. The molecule has 1 aliphatic rings. The molecule has 0 saturated carbocycles. The van der Waals surface area contributed by atoms with Crippen molar-refractivity contribution in [3.63, 3.8) is 0 Å². The summed E-state index contributed by atoms with van der Waals surface area (Å²) in [5.41, 5.74) is 0. The van der Waals surface area contributed by atoms with E-state index >= 15 is 0 Å². The Hall–Kier alpha value is -1.15. The van der Waals surface area contributed by atoms with Crippen molar-refractivity contribution in [1.29, 1.82) is 0 Å². The van der Waals surface area contributed by atoms with Crippen molar-refractivity contribution in [3.05, 3.63) is 0 Å². The smallest absolute Gasteiger partial charge is 0.320 e. The first-order valence-electron chi connectivity index (χ1n) is 9.24. The number of hydrogen-bond acceptors (Lipinski definition) is 4. The molecule has 136 valence electrons. The van der Waals surface area contributed by atoms with E-state index in [1.54, 1.807) is 0 Å². The Kier molecular flexibility index (Phi) is 11.5. The van der Waals surface area contributed by atoms with Crippen LogP contribution in [0.15, 0.2) is 0 Å². The van der Waals surface area contributed by atoms with Gasteiger partial charge in [0, 0.05) is 0 Å². The van der Waals surface area contributed by atoms with Crippen LogP contribution in [0.25, 0.3) is 0 Å². The Morgan fingerprint density at radius 1 is 1.00 bits per heavy atom. The maximum absolute atomic E-state index is 11.8. The third kappa shape index (κ3) is 9.22. The van der Waals surface area contributed by atoms with E-state index in [2.05, 4.69) is 18.2 Å². The minimum Gasteiger partial charge on any atom is -0.465 e. The summed E-state index contributed by atoms with van der Waals surface area (Å²) < 4.78 is 5.24. The normalized spacial score (nSPS) is 18.7. The van der Waals surface area contributed by atoms with Crippen molar-refractivity contribution in [2.45, 2.75) is 81.6 Å². The van der Waals surface area contributed by atoms with Gasteiger partial charge in [0.25, 0.3) is 0 Å². The molecule has 1 rings (SSSR count). The molecule has 4 nitrogen and oxygen atoms in total. The van der Waals surface area contributed by atoms with E-state index in [9.17, 15) is 9.59 Å². The molecule has 1 aliphatic heterocycles. The highest BCUT2D eigenvalue weighted by atomic mass is 32.2. The highest BCUT2D eigenvalue weighted by Crippen LogP contribution is 2.42. The number of hydrogen-bond donors (Lipinski definition) is 1. The number of carbonyl (C=O) groups excluding carboxylic acids is 2. The second-order valence-corrected chi connectivity index (χ2v) is 7.54. The minimum atomic E-state index is -0.342. The number of rotatable bonds is 14. The van der Waals surface area contributed by atoms with Crippen LogP contribution in [-0.2, 0) is 14.3 Å². The Balaban J connectivity index is 1.89. The van der Waals surface area contributed by atoms with Gasteiger partial charge in [-0.3, -0.25) is 9.59 Å². The number of terminal acetylenes is 1. The first-order valence-corrected chi connectivity index (χ1v) is 10.2. The summed E-state index contributed by atoms with van der Waals surface area (Å²) in [5.74, 6) is 1.91. The maximum Gasteiger partial charge on any atom is 0.320 e. The molecule has 1 amide bonds. The van der Waals surface area contributed by atoms with Gasteiger partial charge in [-0.1, -0.05) is 70.6 Å². The predicted molar refractivity (Wildman–Crippen MR) is 99.8 cm³/mol. The van der Waals surface area contributed by atoms with Gasteiger partial charge in [0.1, 0.15) is 10.5 Å². The lowest BCUT2D eigenvalue weighted by atomic mass is 10.1. The van der Waals surface area contributed by atoms with Crippen molar-refractivity contribution in [2.24, 2.45) is 0 Å². The highest BCUT2D eigenvalue weighted by Gasteiger charge is 2.50. The third-order valence-corrected chi connectivity index (χ3v) is 5.31. The van der Waals surface area contributed by atoms with Gasteiger partial charge in [0.15, 0.2) is 0 Å². The number of nitrogens with one attached hydrogen (secondary N) is 1. The molecule has 0 aromatic carbocycles. The van der Waals surface area contributed by atoms with Crippen molar-refractivity contribution in [3.8, 4) is 12.3 Å². The fraction of sp³-hybridized carbons (Fsp3) is 0.789. The molecule has 0 radical (unpaired) electrons. The quantitative estimate of drug-likeness (QED) is 0.224. The minimum absolute atomic E-state index is 0.168. The van der Waals surface area contributed by atoms with Crippen molar-refractivity contribution < 1.29 is 14.3 Å². The zero-order valence-corrected chi connectivity index (χ0v) is 15.7. The molecule has 0 bridgehead atoms. The first-order chi connectivity index (χ1) is 11.7. The van der Waals surface area contributed by atoms with Crippen LogP contribution in [0.4, 0.5) is 0 Å². The zero-order valence-electron chi connectivity index (χ0n) is 14.9. The van der Waals surface area contributed by atoms with Crippen LogP contribution < -0.4 is 5.32 Å². The molecule has 1 fully saturated rings. The van der Waals surface area contributed by atoms with E-state index < -0.39 is 0 Å². The highest BCUT2D eigenvalue weighted by molar-refractivity contribution is 8.09. The van der Waals surface area contributed by atoms with Crippen LogP contribution in [0.5, 0.6) is 0 Å². The summed E-state index contributed by atoms with van der Waals surface area (Å²) in [6, 6.07) is 0. The van der Waals surface area contributed by atoms with Gasteiger partial charge >= 0.3 is 5.97 Å². The first kappa shape index (κ1) is 20.9. The summed E-state index contributed by atoms with van der Waals surface area (Å²) in [4.78, 5) is 23.4. The Labute approximate surface area is 150 Å². The van der Waals surface area contributed by atoms with Gasteiger partial charge in [-0.25, -0.2) is 0 Å². The molecule has 0 aliphatic carbocycles. The SMILES string of the molecule is C#CCNC(=O)[C@@H]1S[C@H]1C(=O)OCCCCCCCCCCCC. The summed E-state index contributed by atoms with van der Waals surface area (Å²) in [6.45, 7) is 2.91. The monoisotopic (exact) mass is 353 g/mol. The van der Waals surface area contributed by atoms with Crippen molar-refractivity contribution in [1.82, 2.24) is 5.32 Å². The standard InChI is InChI=1S/C19H31NO3S/c1-3-5-6-7-8-9-10-11-12-13-15-23-19(22)17-16(24-17)18(21)20-14-4-2/h2,16-17H,3,5-15H2,1H3,(H,20,21)/t16-,17-/m1/s1. The van der Waals surface area contributed by atoms with Crippen molar-refractivity contribution in [2.75, 3.05) is 13.2 Å². The fourth-order valence-corrected chi connectivity index (χ4v) is 3.42.